The van der Waals surface area contributed by atoms with Crippen LogP contribution in [-0.4, -0.2) is 22.7 Å². The first-order valence-electron chi connectivity index (χ1n) is 8.71. The summed E-state index contributed by atoms with van der Waals surface area (Å²) < 4.78 is 6.01. The highest BCUT2D eigenvalue weighted by Gasteiger charge is 2.18. The smallest absolute Gasteiger partial charge is 0.257 e. The Morgan fingerprint density at radius 1 is 1.08 bits per heavy atom. The molecule has 0 aliphatic carbocycles. The number of aromatic nitrogens is 1. The Labute approximate surface area is 158 Å². The fraction of sp³-hybridized carbons (Fsp3) is 0.238. The Morgan fingerprint density at radius 3 is 2.31 bits per heavy atom. The number of carbonyl (C=O) groups excluding carboxylic acids is 1. The molecule has 3 aromatic rings. The van der Waals surface area contributed by atoms with Gasteiger partial charge in [0.25, 0.3) is 5.22 Å². The standard InChI is InChI=1S/C21H22N2O2S/c1-3-15(2)22-18(24)14-26-21-23-19(16-10-6-4-7-11-16)20(25-21)17-12-8-5-9-13-17/h4-13,15H,3,14H2,1-2H3,(H,22,24)/t15-/m1/s1. The topological polar surface area (TPSA) is 55.1 Å². The van der Waals surface area contributed by atoms with E-state index in [1.807, 2.05) is 74.5 Å². The highest BCUT2D eigenvalue weighted by Crippen LogP contribution is 2.35. The van der Waals surface area contributed by atoms with Crippen molar-refractivity contribution in [2.45, 2.75) is 31.5 Å². The van der Waals surface area contributed by atoms with Gasteiger partial charge in [-0.1, -0.05) is 79.3 Å². The lowest BCUT2D eigenvalue weighted by molar-refractivity contribution is -0.119. The Hall–Kier alpha value is -2.53. The van der Waals surface area contributed by atoms with Crippen LogP contribution in [0.4, 0.5) is 0 Å². The van der Waals surface area contributed by atoms with E-state index in [0.29, 0.717) is 5.22 Å². The van der Waals surface area contributed by atoms with E-state index in [4.69, 9.17) is 4.42 Å². The number of hydrogen-bond acceptors (Lipinski definition) is 4. The average molecular weight is 366 g/mol. The maximum atomic E-state index is 12.0. The van der Waals surface area contributed by atoms with E-state index in [9.17, 15) is 4.79 Å². The van der Waals surface area contributed by atoms with E-state index in [1.165, 1.54) is 11.8 Å². The molecule has 0 radical (unpaired) electrons. The van der Waals surface area contributed by atoms with Gasteiger partial charge in [0.2, 0.25) is 5.91 Å². The molecular formula is C21H22N2O2S. The molecule has 0 unspecified atom stereocenters. The molecule has 1 amide bonds. The predicted octanol–water partition coefficient (Wildman–Crippen LogP) is 5.02. The van der Waals surface area contributed by atoms with Gasteiger partial charge in [-0.2, -0.15) is 0 Å². The molecule has 1 heterocycles. The maximum Gasteiger partial charge on any atom is 0.257 e. The fourth-order valence-corrected chi connectivity index (χ4v) is 3.12. The summed E-state index contributed by atoms with van der Waals surface area (Å²) in [6.07, 6.45) is 0.908. The zero-order valence-corrected chi connectivity index (χ0v) is 15.8. The van der Waals surface area contributed by atoms with E-state index >= 15 is 0 Å². The second-order valence-electron chi connectivity index (χ2n) is 6.06. The van der Waals surface area contributed by atoms with Crippen LogP contribution in [0.2, 0.25) is 0 Å². The van der Waals surface area contributed by atoms with Crippen LogP contribution in [0, 0.1) is 0 Å². The third-order valence-corrected chi connectivity index (χ3v) is 4.87. The Bertz CT molecular complexity index is 790. The Kier molecular flexibility index (Phi) is 6.12. The summed E-state index contributed by atoms with van der Waals surface area (Å²) in [6, 6.07) is 20.0. The minimum absolute atomic E-state index is 0.00919. The van der Waals surface area contributed by atoms with Gasteiger partial charge >= 0.3 is 0 Å². The van der Waals surface area contributed by atoms with Gasteiger partial charge in [0.15, 0.2) is 5.76 Å². The molecule has 0 aliphatic rings. The summed E-state index contributed by atoms with van der Waals surface area (Å²) in [5.41, 5.74) is 2.75. The molecule has 0 bridgehead atoms. The van der Waals surface area contributed by atoms with Gasteiger partial charge in [0.1, 0.15) is 5.69 Å². The molecule has 5 heteroatoms. The molecule has 3 rings (SSSR count). The third kappa shape index (κ3) is 4.55. The second-order valence-corrected chi connectivity index (χ2v) is 6.98. The molecule has 134 valence electrons. The lowest BCUT2D eigenvalue weighted by Crippen LogP contribution is -2.33. The summed E-state index contributed by atoms with van der Waals surface area (Å²) in [5.74, 6) is 1.000. The first-order chi connectivity index (χ1) is 12.7. The van der Waals surface area contributed by atoms with Crippen molar-refractivity contribution in [1.82, 2.24) is 10.3 Å². The number of nitrogens with zero attached hydrogens (tertiary/aromatic N) is 1. The minimum Gasteiger partial charge on any atom is -0.431 e. The predicted molar refractivity (Wildman–Crippen MR) is 106 cm³/mol. The van der Waals surface area contributed by atoms with E-state index in [-0.39, 0.29) is 17.7 Å². The molecule has 0 fully saturated rings. The molecular weight excluding hydrogens is 344 g/mol. The fourth-order valence-electron chi connectivity index (χ4n) is 2.48. The highest BCUT2D eigenvalue weighted by molar-refractivity contribution is 7.99. The van der Waals surface area contributed by atoms with Crippen molar-refractivity contribution < 1.29 is 9.21 Å². The second kappa shape index (κ2) is 8.72. The zero-order chi connectivity index (χ0) is 18.4. The Morgan fingerprint density at radius 2 is 1.69 bits per heavy atom. The lowest BCUT2D eigenvalue weighted by atomic mass is 10.1. The number of carbonyl (C=O) groups is 1. The van der Waals surface area contributed by atoms with Crippen molar-refractivity contribution in [2.75, 3.05) is 5.75 Å². The molecule has 26 heavy (non-hydrogen) atoms. The van der Waals surface area contributed by atoms with Crippen molar-refractivity contribution in [3.63, 3.8) is 0 Å². The van der Waals surface area contributed by atoms with Crippen molar-refractivity contribution in [3.8, 4) is 22.6 Å². The van der Waals surface area contributed by atoms with E-state index in [2.05, 4.69) is 10.3 Å². The van der Waals surface area contributed by atoms with Gasteiger partial charge in [0.05, 0.1) is 5.75 Å². The molecule has 0 aliphatic heterocycles. The van der Waals surface area contributed by atoms with Crippen LogP contribution in [0.3, 0.4) is 0 Å². The molecule has 1 aromatic heterocycles. The molecule has 0 saturated carbocycles. The van der Waals surface area contributed by atoms with E-state index in [0.717, 1.165) is 29.0 Å². The molecule has 4 nitrogen and oxygen atoms in total. The van der Waals surface area contributed by atoms with Gasteiger partial charge in [-0.15, -0.1) is 0 Å². The summed E-state index contributed by atoms with van der Waals surface area (Å²) in [7, 11) is 0. The quantitative estimate of drug-likeness (QED) is 0.597. The van der Waals surface area contributed by atoms with Crippen LogP contribution in [0.15, 0.2) is 70.3 Å². The third-order valence-electron chi connectivity index (χ3n) is 4.04. The molecule has 0 spiro atoms. The Balaban J connectivity index is 1.84. The van der Waals surface area contributed by atoms with Gasteiger partial charge in [0, 0.05) is 17.2 Å². The lowest BCUT2D eigenvalue weighted by Gasteiger charge is -2.09. The molecule has 0 saturated heterocycles. The van der Waals surface area contributed by atoms with Gasteiger partial charge < -0.3 is 9.73 Å². The molecule has 1 atom stereocenters. The van der Waals surface area contributed by atoms with Crippen LogP contribution < -0.4 is 5.32 Å². The van der Waals surface area contributed by atoms with Gasteiger partial charge in [-0.05, 0) is 13.3 Å². The van der Waals surface area contributed by atoms with Crippen molar-refractivity contribution in [1.29, 1.82) is 0 Å². The van der Waals surface area contributed by atoms with Crippen LogP contribution in [0.1, 0.15) is 20.3 Å². The van der Waals surface area contributed by atoms with Crippen molar-refractivity contribution in [3.05, 3.63) is 60.7 Å². The number of oxazole rings is 1. The first-order valence-corrected chi connectivity index (χ1v) is 9.69. The number of nitrogens with one attached hydrogen (secondary N) is 1. The summed E-state index contributed by atoms with van der Waals surface area (Å²) >= 11 is 1.32. The van der Waals surface area contributed by atoms with Crippen LogP contribution in [0.25, 0.3) is 22.6 Å². The van der Waals surface area contributed by atoms with E-state index < -0.39 is 0 Å². The number of hydrogen-bond donors (Lipinski definition) is 1. The number of benzene rings is 2. The summed E-state index contributed by atoms with van der Waals surface area (Å²) in [5, 5.41) is 3.46. The van der Waals surface area contributed by atoms with Crippen LogP contribution in [-0.2, 0) is 4.79 Å². The minimum atomic E-state index is -0.00919. The van der Waals surface area contributed by atoms with Crippen molar-refractivity contribution in [2.24, 2.45) is 0 Å². The van der Waals surface area contributed by atoms with Gasteiger partial charge in [-0.25, -0.2) is 4.98 Å². The normalized spacial score (nSPS) is 11.9. The largest absolute Gasteiger partial charge is 0.431 e. The summed E-state index contributed by atoms with van der Waals surface area (Å²) in [4.78, 5) is 16.7. The SMILES string of the molecule is CC[C@@H](C)NC(=O)CSc1nc(-c2ccccc2)c(-c2ccccc2)o1. The van der Waals surface area contributed by atoms with Gasteiger partial charge in [-0.3, -0.25) is 4.79 Å². The van der Waals surface area contributed by atoms with Crippen LogP contribution in [0.5, 0.6) is 0 Å². The maximum absolute atomic E-state index is 12.0. The molecule has 2 aromatic carbocycles. The summed E-state index contributed by atoms with van der Waals surface area (Å²) in [6.45, 7) is 4.04. The highest BCUT2D eigenvalue weighted by atomic mass is 32.2. The van der Waals surface area contributed by atoms with Crippen LogP contribution >= 0.6 is 11.8 Å². The zero-order valence-electron chi connectivity index (χ0n) is 14.9. The monoisotopic (exact) mass is 366 g/mol. The number of amides is 1. The van der Waals surface area contributed by atoms with Crippen molar-refractivity contribution >= 4 is 17.7 Å². The average Bonchev–Trinajstić information content (AvgIpc) is 3.12. The number of rotatable bonds is 7. The first kappa shape index (κ1) is 18.3. The molecule has 1 N–H and O–H groups in total. The number of thioether (sulfide) groups is 1. The van der Waals surface area contributed by atoms with E-state index in [1.54, 1.807) is 0 Å².